The molecule has 0 atom stereocenters. The Morgan fingerprint density at radius 1 is 1.30 bits per heavy atom. The molecule has 0 aliphatic carbocycles. The van der Waals surface area contributed by atoms with E-state index in [9.17, 15) is 9.18 Å². The van der Waals surface area contributed by atoms with Gasteiger partial charge in [-0.1, -0.05) is 26.8 Å². The van der Waals surface area contributed by atoms with E-state index in [2.05, 4.69) is 9.97 Å². The lowest BCUT2D eigenvalue weighted by Crippen LogP contribution is -2.24. The van der Waals surface area contributed by atoms with Gasteiger partial charge in [0.1, 0.15) is 15.2 Å². The Labute approximate surface area is 130 Å². The van der Waals surface area contributed by atoms with E-state index < -0.39 is 0 Å². The first-order valence-electron chi connectivity index (χ1n) is 6.27. The monoisotopic (exact) mass is 386 g/mol. The van der Waals surface area contributed by atoms with Crippen LogP contribution in [0, 0.1) is 16.3 Å². The highest BCUT2D eigenvalue weighted by molar-refractivity contribution is 14.1. The molecule has 1 aromatic heterocycles. The molecule has 1 N–H and O–H groups in total. The highest BCUT2D eigenvalue weighted by Crippen LogP contribution is 2.26. The van der Waals surface area contributed by atoms with Gasteiger partial charge in [0.25, 0.3) is 5.56 Å². The molecule has 0 fully saturated rings. The molecule has 0 unspecified atom stereocenters. The first-order valence-corrected chi connectivity index (χ1v) is 7.35. The van der Waals surface area contributed by atoms with Crippen LogP contribution in [0.15, 0.2) is 23.0 Å². The number of aryl methyl sites for hydroxylation is 1. The largest absolute Gasteiger partial charge is 0.306 e. The van der Waals surface area contributed by atoms with E-state index in [1.807, 2.05) is 50.3 Å². The van der Waals surface area contributed by atoms with Gasteiger partial charge in [0.2, 0.25) is 0 Å². The second-order valence-corrected chi connectivity index (χ2v) is 6.87. The molecule has 0 radical (unpaired) electrons. The van der Waals surface area contributed by atoms with Gasteiger partial charge in [-0.25, -0.2) is 9.37 Å². The molecule has 1 aromatic carbocycles. The van der Waals surface area contributed by atoms with Crippen LogP contribution in [-0.2, 0) is 5.41 Å². The van der Waals surface area contributed by atoms with Crippen LogP contribution in [0.3, 0.4) is 0 Å². The Morgan fingerprint density at radius 3 is 2.55 bits per heavy atom. The SMILES string of the molecule is Cc1ccc(F)cc1-c1nc(C(C)(C)C)c(I)c(=O)[nH]1. The molecule has 106 valence electrons. The Balaban J connectivity index is 2.74. The van der Waals surface area contributed by atoms with Crippen LogP contribution in [0.2, 0.25) is 0 Å². The number of aromatic nitrogens is 2. The standard InChI is InChI=1S/C15H16FIN2O/c1-8-5-6-9(16)7-10(8)13-18-12(15(2,3)4)11(17)14(20)19-13/h5-7H,1-4H3,(H,18,19,20). The summed E-state index contributed by atoms with van der Waals surface area (Å²) < 4.78 is 14.0. The molecule has 0 amide bonds. The van der Waals surface area contributed by atoms with E-state index in [0.717, 1.165) is 11.3 Å². The molecule has 0 spiro atoms. The van der Waals surface area contributed by atoms with Gasteiger partial charge in [-0.05, 0) is 47.2 Å². The summed E-state index contributed by atoms with van der Waals surface area (Å²) in [6, 6.07) is 4.47. The maximum absolute atomic E-state index is 13.4. The smallest absolute Gasteiger partial charge is 0.264 e. The molecule has 5 heteroatoms. The summed E-state index contributed by atoms with van der Waals surface area (Å²) in [5.41, 5.74) is 1.77. The van der Waals surface area contributed by atoms with Crippen molar-refractivity contribution in [1.29, 1.82) is 0 Å². The van der Waals surface area contributed by atoms with Crippen LogP contribution in [0.4, 0.5) is 4.39 Å². The van der Waals surface area contributed by atoms with Crippen LogP contribution in [0.1, 0.15) is 32.0 Å². The van der Waals surface area contributed by atoms with Crippen LogP contribution < -0.4 is 5.56 Å². The highest BCUT2D eigenvalue weighted by Gasteiger charge is 2.22. The lowest BCUT2D eigenvalue weighted by Gasteiger charge is -2.20. The summed E-state index contributed by atoms with van der Waals surface area (Å²) in [6.45, 7) is 7.86. The van der Waals surface area contributed by atoms with E-state index in [4.69, 9.17) is 0 Å². The van der Waals surface area contributed by atoms with Gasteiger partial charge in [0, 0.05) is 11.0 Å². The fraction of sp³-hybridized carbons (Fsp3) is 0.333. The van der Waals surface area contributed by atoms with E-state index >= 15 is 0 Å². The third-order valence-corrected chi connectivity index (χ3v) is 4.03. The predicted molar refractivity (Wildman–Crippen MR) is 86.4 cm³/mol. The zero-order valence-electron chi connectivity index (χ0n) is 11.8. The second kappa shape index (κ2) is 5.27. The molecule has 2 rings (SSSR count). The Kier molecular flexibility index (Phi) is 4.00. The number of halogens is 2. The first kappa shape index (κ1) is 15.2. The number of benzene rings is 1. The summed E-state index contributed by atoms with van der Waals surface area (Å²) in [7, 11) is 0. The van der Waals surface area contributed by atoms with Gasteiger partial charge in [0.05, 0.1) is 5.69 Å². The van der Waals surface area contributed by atoms with Gasteiger partial charge in [-0.15, -0.1) is 0 Å². The van der Waals surface area contributed by atoms with Gasteiger partial charge in [0.15, 0.2) is 0 Å². The van der Waals surface area contributed by atoms with Crippen molar-refractivity contribution in [3.8, 4) is 11.4 Å². The van der Waals surface area contributed by atoms with Crippen molar-refractivity contribution in [3.63, 3.8) is 0 Å². The number of hydrogen-bond acceptors (Lipinski definition) is 2. The Bertz CT molecular complexity index is 717. The normalized spacial score (nSPS) is 11.7. The van der Waals surface area contributed by atoms with Crippen molar-refractivity contribution in [2.45, 2.75) is 33.1 Å². The Morgan fingerprint density at radius 2 is 1.95 bits per heavy atom. The third kappa shape index (κ3) is 2.92. The summed E-state index contributed by atoms with van der Waals surface area (Å²) in [5, 5.41) is 0. The van der Waals surface area contributed by atoms with Crippen molar-refractivity contribution in [1.82, 2.24) is 9.97 Å². The number of rotatable bonds is 1. The zero-order valence-corrected chi connectivity index (χ0v) is 14.0. The number of nitrogens with one attached hydrogen (secondary N) is 1. The van der Waals surface area contributed by atoms with Crippen LogP contribution in [0.5, 0.6) is 0 Å². The molecule has 2 aromatic rings. The maximum atomic E-state index is 13.4. The molecule has 3 nitrogen and oxygen atoms in total. The number of aromatic amines is 1. The molecule has 0 saturated carbocycles. The van der Waals surface area contributed by atoms with Crippen LogP contribution >= 0.6 is 22.6 Å². The van der Waals surface area contributed by atoms with E-state index in [0.29, 0.717) is 15.0 Å². The average Bonchev–Trinajstić information content (AvgIpc) is 2.34. The number of H-pyrrole nitrogens is 1. The van der Waals surface area contributed by atoms with E-state index in [1.165, 1.54) is 12.1 Å². The molecular weight excluding hydrogens is 370 g/mol. The summed E-state index contributed by atoms with van der Waals surface area (Å²) in [4.78, 5) is 19.4. The topological polar surface area (TPSA) is 45.8 Å². The minimum atomic E-state index is -0.343. The molecule has 0 aliphatic heterocycles. The number of nitrogens with zero attached hydrogens (tertiary/aromatic N) is 1. The summed E-state index contributed by atoms with van der Waals surface area (Å²) in [5.74, 6) is 0.0708. The fourth-order valence-corrected chi connectivity index (χ4v) is 3.00. The molecular formula is C15H16FIN2O. The quantitative estimate of drug-likeness (QED) is 0.759. The zero-order chi connectivity index (χ0) is 15.1. The average molecular weight is 386 g/mol. The minimum absolute atomic E-state index is 0.191. The Hall–Kier alpha value is -1.24. The maximum Gasteiger partial charge on any atom is 0.264 e. The van der Waals surface area contributed by atoms with Crippen LogP contribution in [-0.4, -0.2) is 9.97 Å². The summed E-state index contributed by atoms with van der Waals surface area (Å²) in [6.07, 6.45) is 0. The third-order valence-electron chi connectivity index (χ3n) is 3.03. The van der Waals surface area contributed by atoms with Crippen LogP contribution in [0.25, 0.3) is 11.4 Å². The lowest BCUT2D eigenvalue weighted by molar-refractivity contribution is 0.562. The van der Waals surface area contributed by atoms with Crippen molar-refractivity contribution in [2.75, 3.05) is 0 Å². The second-order valence-electron chi connectivity index (χ2n) is 5.79. The number of hydrogen-bond donors (Lipinski definition) is 1. The fourth-order valence-electron chi connectivity index (χ4n) is 1.93. The molecule has 1 heterocycles. The van der Waals surface area contributed by atoms with Gasteiger partial charge in [-0.2, -0.15) is 0 Å². The molecule has 0 aliphatic rings. The van der Waals surface area contributed by atoms with E-state index in [-0.39, 0.29) is 16.8 Å². The van der Waals surface area contributed by atoms with Gasteiger partial charge < -0.3 is 4.98 Å². The molecule has 0 saturated heterocycles. The molecule has 20 heavy (non-hydrogen) atoms. The molecule has 0 bridgehead atoms. The van der Waals surface area contributed by atoms with E-state index in [1.54, 1.807) is 6.07 Å². The minimum Gasteiger partial charge on any atom is -0.306 e. The van der Waals surface area contributed by atoms with Crippen molar-refractivity contribution < 1.29 is 4.39 Å². The van der Waals surface area contributed by atoms with Crippen molar-refractivity contribution in [2.24, 2.45) is 0 Å². The first-order chi connectivity index (χ1) is 9.20. The van der Waals surface area contributed by atoms with Crippen molar-refractivity contribution in [3.05, 3.63) is 49.2 Å². The van der Waals surface area contributed by atoms with Gasteiger partial charge in [-0.3, -0.25) is 4.79 Å². The highest BCUT2D eigenvalue weighted by atomic mass is 127. The summed E-state index contributed by atoms with van der Waals surface area (Å²) >= 11 is 2.00. The van der Waals surface area contributed by atoms with Gasteiger partial charge >= 0.3 is 0 Å². The predicted octanol–water partition coefficient (Wildman–Crippen LogP) is 3.79. The lowest BCUT2D eigenvalue weighted by atomic mass is 9.92. The van der Waals surface area contributed by atoms with Crippen molar-refractivity contribution >= 4 is 22.6 Å².